The van der Waals surface area contributed by atoms with Gasteiger partial charge in [0.25, 0.3) is 0 Å². The summed E-state index contributed by atoms with van der Waals surface area (Å²) in [5.74, 6) is 0.814. The smallest absolute Gasteiger partial charge is 0.237 e. The van der Waals surface area contributed by atoms with Gasteiger partial charge in [-0.2, -0.15) is 0 Å². The Hall–Kier alpha value is -1.80. The van der Waals surface area contributed by atoms with E-state index in [0.29, 0.717) is 17.0 Å². The molecule has 2 saturated carbocycles. The molecule has 2 aliphatic rings. The molecule has 0 radical (unpaired) electrons. The maximum Gasteiger partial charge on any atom is 0.237 e. The monoisotopic (exact) mass is 419 g/mol. The molecule has 2 atom stereocenters. The molecule has 28 heavy (non-hydrogen) atoms. The predicted molar refractivity (Wildman–Crippen MR) is 109 cm³/mol. The largest absolute Gasteiger partial charge is 0.300 e. The Balaban J connectivity index is 1.64. The molecule has 2 aromatic rings. The average molecular weight is 420 g/mol. The Bertz CT molecular complexity index is 978. The van der Waals surface area contributed by atoms with Gasteiger partial charge >= 0.3 is 0 Å². The minimum absolute atomic E-state index is 0.0460. The van der Waals surface area contributed by atoms with E-state index in [9.17, 15) is 13.2 Å². The zero-order valence-corrected chi connectivity index (χ0v) is 17.8. The fourth-order valence-electron chi connectivity index (χ4n) is 4.60. The van der Waals surface area contributed by atoms with Crippen molar-refractivity contribution in [2.24, 2.45) is 11.8 Å². The molecule has 0 bridgehead atoms. The molecule has 8 heteroatoms. The van der Waals surface area contributed by atoms with Gasteiger partial charge in [0.15, 0.2) is 9.84 Å². The van der Waals surface area contributed by atoms with Crippen LogP contribution in [0.3, 0.4) is 0 Å². The highest BCUT2D eigenvalue weighted by Crippen LogP contribution is 2.61. The number of aromatic nitrogens is 2. The molecule has 1 heterocycles. The minimum Gasteiger partial charge on any atom is -0.300 e. The Kier molecular flexibility index (Phi) is 5.03. The molecule has 1 aromatic heterocycles. The summed E-state index contributed by atoms with van der Waals surface area (Å²) in [6.07, 6.45) is 7.57. The molecule has 2 aliphatic carbocycles. The summed E-state index contributed by atoms with van der Waals surface area (Å²) < 4.78 is 23.6. The lowest BCUT2D eigenvalue weighted by Gasteiger charge is -2.20. The van der Waals surface area contributed by atoms with Crippen molar-refractivity contribution < 1.29 is 13.2 Å². The van der Waals surface area contributed by atoms with E-state index in [4.69, 9.17) is 0 Å². The van der Waals surface area contributed by atoms with E-state index in [1.807, 2.05) is 19.1 Å². The first kappa shape index (κ1) is 19.5. The van der Waals surface area contributed by atoms with Crippen LogP contribution in [-0.4, -0.2) is 30.8 Å². The van der Waals surface area contributed by atoms with Crippen LogP contribution in [0.25, 0.3) is 0 Å². The lowest BCUT2D eigenvalue weighted by Crippen LogP contribution is -2.31. The highest BCUT2D eigenvalue weighted by Gasteiger charge is 2.63. The zero-order valence-electron chi connectivity index (χ0n) is 16.1. The first-order valence-corrected chi connectivity index (χ1v) is 12.5. The second-order valence-electron chi connectivity index (χ2n) is 7.93. The number of hydrogen-bond donors (Lipinski definition) is 1. The Morgan fingerprint density at radius 1 is 1.21 bits per heavy atom. The summed E-state index contributed by atoms with van der Waals surface area (Å²) in [5, 5.41) is 12.6. The van der Waals surface area contributed by atoms with Gasteiger partial charge < -0.3 is 0 Å². The van der Waals surface area contributed by atoms with E-state index in [2.05, 4.69) is 15.5 Å². The van der Waals surface area contributed by atoms with Crippen LogP contribution in [-0.2, 0) is 26.5 Å². The fraction of sp³-hybridized carbons (Fsp3) is 0.550. The first-order chi connectivity index (χ1) is 13.3. The lowest BCUT2D eigenvalue weighted by atomic mass is 9.87. The van der Waals surface area contributed by atoms with E-state index >= 15 is 0 Å². The second-order valence-corrected chi connectivity index (χ2v) is 11.0. The van der Waals surface area contributed by atoms with Gasteiger partial charge in [0.05, 0.1) is 10.3 Å². The number of rotatable bonds is 6. The standard InChI is InChI=1S/C20H25N3O3S2/c1-3-17-22-23-19(27-17)21-18(24)20(12-16(20)13-6-4-5-7-13)14-8-10-15(11-9-14)28(2,25)26/h8-11,13,16H,3-7,12H2,1-2H3,(H,21,23,24)/t16-,20-/m0/s1. The van der Waals surface area contributed by atoms with Crippen LogP contribution in [0.4, 0.5) is 5.13 Å². The Morgan fingerprint density at radius 2 is 1.89 bits per heavy atom. The van der Waals surface area contributed by atoms with Crippen molar-refractivity contribution in [3.8, 4) is 0 Å². The number of aryl methyl sites for hydroxylation is 1. The van der Waals surface area contributed by atoms with E-state index in [1.165, 1.54) is 43.3 Å². The number of carbonyl (C=O) groups excluding carboxylic acids is 1. The fourth-order valence-corrected chi connectivity index (χ4v) is 5.90. The van der Waals surface area contributed by atoms with Crippen LogP contribution in [0.1, 0.15) is 49.6 Å². The lowest BCUT2D eigenvalue weighted by molar-refractivity contribution is -0.119. The predicted octanol–water partition coefficient (Wildman–Crippen LogP) is 3.59. The summed E-state index contributed by atoms with van der Waals surface area (Å²) in [7, 11) is -3.26. The number of anilines is 1. The highest BCUT2D eigenvalue weighted by molar-refractivity contribution is 7.90. The van der Waals surface area contributed by atoms with Crippen molar-refractivity contribution in [2.75, 3.05) is 11.6 Å². The molecule has 0 unspecified atom stereocenters. The number of amides is 1. The van der Waals surface area contributed by atoms with Crippen molar-refractivity contribution >= 4 is 32.2 Å². The van der Waals surface area contributed by atoms with Gasteiger partial charge in [0.1, 0.15) is 5.01 Å². The van der Waals surface area contributed by atoms with Crippen molar-refractivity contribution in [2.45, 2.75) is 55.8 Å². The van der Waals surface area contributed by atoms with Crippen LogP contribution in [0.15, 0.2) is 29.2 Å². The second kappa shape index (κ2) is 7.22. The van der Waals surface area contributed by atoms with E-state index in [0.717, 1.165) is 23.4 Å². The number of nitrogens with one attached hydrogen (secondary N) is 1. The van der Waals surface area contributed by atoms with E-state index in [1.54, 1.807) is 12.1 Å². The number of carbonyl (C=O) groups is 1. The van der Waals surface area contributed by atoms with Crippen LogP contribution < -0.4 is 5.32 Å². The van der Waals surface area contributed by atoms with Crippen LogP contribution in [0.5, 0.6) is 0 Å². The number of hydrogen-bond acceptors (Lipinski definition) is 6. The molecule has 1 amide bonds. The molecule has 0 aliphatic heterocycles. The molecule has 4 rings (SSSR count). The molecule has 0 spiro atoms. The number of benzene rings is 1. The van der Waals surface area contributed by atoms with Crippen molar-refractivity contribution in [3.63, 3.8) is 0 Å². The van der Waals surface area contributed by atoms with Gasteiger partial charge in [-0.25, -0.2) is 8.42 Å². The summed E-state index contributed by atoms with van der Waals surface area (Å²) in [6, 6.07) is 6.85. The van der Waals surface area contributed by atoms with Crippen molar-refractivity contribution in [1.29, 1.82) is 0 Å². The van der Waals surface area contributed by atoms with Gasteiger partial charge in [-0.05, 0) is 42.4 Å². The summed E-state index contributed by atoms with van der Waals surface area (Å²) in [6.45, 7) is 2.01. The van der Waals surface area contributed by atoms with Gasteiger partial charge in [0.2, 0.25) is 11.0 Å². The molecule has 6 nitrogen and oxygen atoms in total. The van der Waals surface area contributed by atoms with Crippen LogP contribution >= 0.6 is 11.3 Å². The van der Waals surface area contributed by atoms with Gasteiger partial charge in [-0.1, -0.05) is 56.1 Å². The maximum atomic E-state index is 13.4. The molecular formula is C20H25N3O3S2. The molecule has 2 fully saturated rings. The maximum absolute atomic E-state index is 13.4. The third-order valence-electron chi connectivity index (χ3n) is 6.18. The third-order valence-corrected chi connectivity index (χ3v) is 8.29. The molecular weight excluding hydrogens is 394 g/mol. The Morgan fingerprint density at radius 3 is 2.46 bits per heavy atom. The molecule has 0 saturated heterocycles. The molecule has 150 valence electrons. The minimum atomic E-state index is -3.26. The van der Waals surface area contributed by atoms with Crippen molar-refractivity contribution in [1.82, 2.24) is 10.2 Å². The van der Waals surface area contributed by atoms with Gasteiger partial charge in [-0.3, -0.25) is 10.1 Å². The normalized spacial score (nSPS) is 25.0. The summed E-state index contributed by atoms with van der Waals surface area (Å²) >= 11 is 1.41. The topological polar surface area (TPSA) is 89.0 Å². The van der Waals surface area contributed by atoms with Crippen molar-refractivity contribution in [3.05, 3.63) is 34.8 Å². The van der Waals surface area contributed by atoms with Crippen LogP contribution in [0.2, 0.25) is 0 Å². The summed E-state index contributed by atoms with van der Waals surface area (Å²) in [4.78, 5) is 13.6. The molecule has 1 aromatic carbocycles. The summed E-state index contributed by atoms with van der Waals surface area (Å²) in [5.41, 5.74) is 0.304. The SMILES string of the molecule is CCc1nnc(NC(=O)[C@]2(c3ccc(S(C)(=O)=O)cc3)C[C@H]2C2CCCC2)s1. The van der Waals surface area contributed by atoms with Crippen LogP contribution in [0, 0.1) is 11.8 Å². The third kappa shape index (κ3) is 3.48. The quantitative estimate of drug-likeness (QED) is 0.773. The number of nitrogens with zero attached hydrogens (tertiary/aromatic N) is 2. The first-order valence-electron chi connectivity index (χ1n) is 9.79. The average Bonchev–Trinajstić information content (AvgIpc) is 3.01. The highest BCUT2D eigenvalue weighted by atomic mass is 32.2. The van der Waals surface area contributed by atoms with Gasteiger partial charge in [0, 0.05) is 6.26 Å². The van der Waals surface area contributed by atoms with Gasteiger partial charge in [-0.15, -0.1) is 10.2 Å². The Labute approximate surface area is 169 Å². The molecule has 1 N–H and O–H groups in total. The van der Waals surface area contributed by atoms with E-state index < -0.39 is 15.3 Å². The zero-order chi connectivity index (χ0) is 19.9. The van der Waals surface area contributed by atoms with E-state index in [-0.39, 0.29) is 10.8 Å². The number of sulfone groups is 1.